The summed E-state index contributed by atoms with van der Waals surface area (Å²) >= 11 is 0. The zero-order valence-electron chi connectivity index (χ0n) is 13.5. The average molecular weight is 315 g/mol. The van der Waals surface area contributed by atoms with E-state index in [1.165, 1.54) is 38.9 Å². The SMILES string of the molecule is Cc1ccccc1-c1cccc(CO[Si])c1-c1ccccc1C. The Morgan fingerprint density at radius 2 is 1.26 bits per heavy atom. The van der Waals surface area contributed by atoms with E-state index in [-0.39, 0.29) is 0 Å². The van der Waals surface area contributed by atoms with E-state index in [9.17, 15) is 0 Å². The molecule has 0 saturated carbocycles. The Bertz CT molecular complexity index is 824. The zero-order chi connectivity index (χ0) is 16.2. The summed E-state index contributed by atoms with van der Waals surface area (Å²) in [6.45, 7) is 4.84. The predicted molar refractivity (Wildman–Crippen MR) is 97.3 cm³/mol. The summed E-state index contributed by atoms with van der Waals surface area (Å²) in [4.78, 5) is 0. The van der Waals surface area contributed by atoms with Crippen molar-refractivity contribution in [1.82, 2.24) is 0 Å². The van der Waals surface area contributed by atoms with E-state index in [1.807, 2.05) is 0 Å². The molecule has 0 bridgehead atoms. The molecule has 0 fully saturated rings. The van der Waals surface area contributed by atoms with Crippen LogP contribution >= 0.6 is 0 Å². The van der Waals surface area contributed by atoms with Crippen molar-refractivity contribution < 1.29 is 4.43 Å². The topological polar surface area (TPSA) is 9.23 Å². The predicted octanol–water partition coefficient (Wildman–Crippen LogP) is 5.24. The summed E-state index contributed by atoms with van der Waals surface area (Å²) in [5.41, 5.74) is 8.74. The van der Waals surface area contributed by atoms with E-state index in [0.717, 1.165) is 0 Å². The van der Waals surface area contributed by atoms with Crippen LogP contribution < -0.4 is 0 Å². The summed E-state index contributed by atoms with van der Waals surface area (Å²) in [7, 11) is 3.16. The van der Waals surface area contributed by atoms with Crippen molar-refractivity contribution >= 4 is 10.5 Å². The minimum Gasteiger partial charge on any atom is -0.414 e. The van der Waals surface area contributed by atoms with Gasteiger partial charge in [-0.2, -0.15) is 0 Å². The Labute approximate surface area is 141 Å². The first-order valence-corrected chi connectivity index (χ1v) is 8.15. The molecule has 0 aromatic heterocycles. The molecule has 0 N–H and O–H groups in total. The molecule has 3 radical (unpaired) electrons. The Morgan fingerprint density at radius 3 is 1.87 bits per heavy atom. The van der Waals surface area contributed by atoms with Crippen LogP contribution in [-0.4, -0.2) is 10.5 Å². The minimum atomic E-state index is 0.528. The summed E-state index contributed by atoms with van der Waals surface area (Å²) in [6, 6.07) is 23.5. The number of aryl methyl sites for hydroxylation is 2. The number of rotatable bonds is 4. The van der Waals surface area contributed by atoms with Gasteiger partial charge < -0.3 is 4.43 Å². The largest absolute Gasteiger partial charge is 0.414 e. The fourth-order valence-corrected chi connectivity index (χ4v) is 3.22. The quantitative estimate of drug-likeness (QED) is 0.598. The highest BCUT2D eigenvalue weighted by Crippen LogP contribution is 2.38. The zero-order valence-corrected chi connectivity index (χ0v) is 14.5. The summed E-state index contributed by atoms with van der Waals surface area (Å²) in [6.07, 6.45) is 0. The third kappa shape index (κ3) is 3.14. The van der Waals surface area contributed by atoms with Gasteiger partial charge in [-0.15, -0.1) is 0 Å². The Morgan fingerprint density at radius 1 is 0.696 bits per heavy atom. The number of hydrogen-bond acceptors (Lipinski definition) is 1. The van der Waals surface area contributed by atoms with E-state index in [2.05, 4.69) is 91.1 Å². The number of benzene rings is 3. The maximum Gasteiger partial charge on any atom is 0.246 e. The third-order valence-electron chi connectivity index (χ3n) is 4.23. The molecule has 0 heterocycles. The van der Waals surface area contributed by atoms with Crippen LogP contribution in [0.4, 0.5) is 0 Å². The molecular weight excluding hydrogens is 296 g/mol. The van der Waals surface area contributed by atoms with Gasteiger partial charge in [0.05, 0.1) is 6.61 Å². The molecule has 0 aliphatic carbocycles. The van der Waals surface area contributed by atoms with Gasteiger partial charge in [0, 0.05) is 0 Å². The van der Waals surface area contributed by atoms with E-state index in [0.29, 0.717) is 6.61 Å². The van der Waals surface area contributed by atoms with E-state index in [4.69, 9.17) is 4.43 Å². The lowest BCUT2D eigenvalue weighted by atomic mass is 9.87. The second-order valence-corrected chi connectivity index (χ2v) is 6.05. The molecular formula is C21H19OSi. The Kier molecular flexibility index (Phi) is 4.75. The molecule has 0 atom stereocenters. The van der Waals surface area contributed by atoms with Crippen LogP contribution in [0.1, 0.15) is 16.7 Å². The van der Waals surface area contributed by atoms with Crippen LogP contribution in [0.15, 0.2) is 66.7 Å². The van der Waals surface area contributed by atoms with Crippen LogP contribution in [0, 0.1) is 13.8 Å². The first-order valence-electron chi connectivity index (χ1n) is 7.75. The van der Waals surface area contributed by atoms with E-state index < -0.39 is 0 Å². The van der Waals surface area contributed by atoms with Gasteiger partial charge in [0.25, 0.3) is 0 Å². The van der Waals surface area contributed by atoms with Crippen molar-refractivity contribution in [2.75, 3.05) is 0 Å². The highest BCUT2D eigenvalue weighted by molar-refractivity contribution is 5.98. The third-order valence-corrected chi connectivity index (χ3v) is 4.37. The lowest BCUT2D eigenvalue weighted by Crippen LogP contribution is -1.98. The molecule has 0 unspecified atom stereocenters. The van der Waals surface area contributed by atoms with Crippen molar-refractivity contribution in [3.05, 3.63) is 83.4 Å². The second kappa shape index (κ2) is 6.94. The van der Waals surface area contributed by atoms with Gasteiger partial charge in [-0.3, -0.25) is 0 Å². The highest BCUT2D eigenvalue weighted by Gasteiger charge is 2.14. The molecule has 0 spiro atoms. The van der Waals surface area contributed by atoms with Gasteiger partial charge in [0.1, 0.15) is 0 Å². The molecule has 3 rings (SSSR count). The molecule has 3 aromatic rings. The van der Waals surface area contributed by atoms with Crippen molar-refractivity contribution in [3.8, 4) is 22.3 Å². The molecule has 113 valence electrons. The molecule has 0 aliphatic heterocycles. The van der Waals surface area contributed by atoms with Gasteiger partial charge in [-0.1, -0.05) is 66.7 Å². The first-order chi connectivity index (χ1) is 11.2. The Balaban J connectivity index is 2.31. The smallest absolute Gasteiger partial charge is 0.246 e. The molecule has 2 heteroatoms. The van der Waals surface area contributed by atoms with Gasteiger partial charge in [0.15, 0.2) is 0 Å². The highest BCUT2D eigenvalue weighted by atomic mass is 28.2. The van der Waals surface area contributed by atoms with Crippen molar-refractivity contribution in [3.63, 3.8) is 0 Å². The fourth-order valence-electron chi connectivity index (χ4n) is 3.07. The van der Waals surface area contributed by atoms with Crippen LogP contribution in [0.25, 0.3) is 22.3 Å². The van der Waals surface area contributed by atoms with Gasteiger partial charge in [-0.05, 0) is 52.8 Å². The maximum atomic E-state index is 5.26. The first kappa shape index (κ1) is 15.7. The summed E-state index contributed by atoms with van der Waals surface area (Å²) in [5.74, 6) is 0. The molecule has 0 aliphatic rings. The monoisotopic (exact) mass is 315 g/mol. The van der Waals surface area contributed by atoms with Gasteiger partial charge in [0.2, 0.25) is 10.5 Å². The molecule has 0 amide bonds. The lowest BCUT2D eigenvalue weighted by Gasteiger charge is -2.18. The van der Waals surface area contributed by atoms with Crippen LogP contribution in [0.5, 0.6) is 0 Å². The van der Waals surface area contributed by atoms with Crippen LogP contribution in [0.3, 0.4) is 0 Å². The van der Waals surface area contributed by atoms with E-state index >= 15 is 0 Å². The molecule has 0 saturated heterocycles. The second-order valence-electron chi connectivity index (χ2n) is 5.76. The van der Waals surface area contributed by atoms with Crippen LogP contribution in [0.2, 0.25) is 0 Å². The maximum absolute atomic E-state index is 5.26. The Hall–Kier alpha value is -2.16. The van der Waals surface area contributed by atoms with E-state index in [1.54, 1.807) is 0 Å². The summed E-state index contributed by atoms with van der Waals surface area (Å²) < 4.78 is 5.26. The standard InChI is InChI=1S/C21H19OSi/c1-15-8-3-5-11-18(15)20-13-7-10-17(14-22-23)21(20)19-12-6-4-9-16(19)2/h3-13H,14H2,1-2H3. The van der Waals surface area contributed by atoms with Gasteiger partial charge >= 0.3 is 0 Å². The van der Waals surface area contributed by atoms with Crippen molar-refractivity contribution in [2.45, 2.75) is 20.5 Å². The summed E-state index contributed by atoms with van der Waals surface area (Å²) in [5, 5.41) is 0. The molecule has 23 heavy (non-hydrogen) atoms. The molecule has 1 nitrogen and oxygen atoms in total. The number of hydrogen-bond donors (Lipinski definition) is 0. The molecule has 3 aromatic carbocycles. The lowest BCUT2D eigenvalue weighted by molar-refractivity contribution is 0.339. The average Bonchev–Trinajstić information content (AvgIpc) is 2.56. The van der Waals surface area contributed by atoms with Gasteiger partial charge in [-0.25, -0.2) is 0 Å². The van der Waals surface area contributed by atoms with Crippen LogP contribution in [-0.2, 0) is 11.0 Å². The normalized spacial score (nSPS) is 10.7. The van der Waals surface area contributed by atoms with Crippen molar-refractivity contribution in [1.29, 1.82) is 0 Å². The van der Waals surface area contributed by atoms with Crippen molar-refractivity contribution in [2.24, 2.45) is 0 Å². The fraction of sp³-hybridized carbons (Fsp3) is 0.143. The minimum absolute atomic E-state index is 0.528.